The smallest absolute Gasteiger partial charge is 0.306 e. The summed E-state index contributed by atoms with van der Waals surface area (Å²) in [6.07, 6.45) is 79.9. The van der Waals surface area contributed by atoms with E-state index in [1.54, 1.807) is 0 Å². The average molecular weight is 1020 g/mol. The summed E-state index contributed by atoms with van der Waals surface area (Å²) < 4.78 is 10.8. The second-order valence-corrected chi connectivity index (χ2v) is 23.3. The first-order chi connectivity index (χ1) is 35.6. The summed E-state index contributed by atoms with van der Waals surface area (Å²) in [5.74, 6) is -0.559. The van der Waals surface area contributed by atoms with Crippen molar-refractivity contribution in [2.75, 3.05) is 13.2 Å². The van der Waals surface area contributed by atoms with E-state index in [0.717, 1.165) is 32.1 Å². The Kier molecular flexibility index (Phi) is 63.2. The minimum absolute atomic E-state index is 0.0553. The topological polar surface area (TPSA) is 72.8 Å². The quantitative estimate of drug-likeness (QED) is 0.0485. The largest absolute Gasteiger partial charge is 0.462 e. The molecule has 0 spiro atoms. The summed E-state index contributed by atoms with van der Waals surface area (Å²) in [5.41, 5.74) is 0. The van der Waals surface area contributed by atoms with Crippen molar-refractivity contribution in [3.05, 3.63) is 0 Å². The Morgan fingerprint density at radius 1 is 0.264 bits per heavy atom. The number of hydrogen-bond donors (Lipinski definition) is 1. The molecule has 0 saturated carbocycles. The van der Waals surface area contributed by atoms with Crippen molar-refractivity contribution in [3.63, 3.8) is 0 Å². The van der Waals surface area contributed by atoms with Crippen molar-refractivity contribution in [1.29, 1.82) is 0 Å². The first-order valence-electron chi connectivity index (χ1n) is 33.6. The molecule has 430 valence electrons. The standard InChI is InChI=1S/C67H132O5/c1-3-5-7-9-11-13-15-17-19-21-23-25-27-29-31-33-34-36-38-40-42-44-46-48-50-52-54-56-58-60-62-67(70)72-65(63-68)64-71-66(69)61-59-57-55-53-51-49-47-45-43-41-39-37-35-32-30-28-26-24-22-20-18-16-14-12-10-8-6-4-2/h65,68H,3-64H2,1-2H3. The number of aliphatic hydroxyl groups is 1. The second-order valence-electron chi connectivity index (χ2n) is 23.3. The number of esters is 2. The molecule has 1 N–H and O–H groups in total. The maximum Gasteiger partial charge on any atom is 0.306 e. The third-order valence-electron chi connectivity index (χ3n) is 15.9. The molecular formula is C67H132O5. The van der Waals surface area contributed by atoms with E-state index in [2.05, 4.69) is 13.8 Å². The molecule has 0 bridgehead atoms. The molecule has 1 atom stereocenters. The van der Waals surface area contributed by atoms with Crippen molar-refractivity contribution in [3.8, 4) is 0 Å². The molecule has 0 aliphatic rings. The number of carbonyl (C=O) groups is 2. The highest BCUT2D eigenvalue weighted by Crippen LogP contribution is 2.20. The Hall–Kier alpha value is -1.10. The highest BCUT2D eigenvalue weighted by molar-refractivity contribution is 5.70. The number of carbonyl (C=O) groups excluding carboxylic acids is 2. The number of unbranched alkanes of at least 4 members (excludes halogenated alkanes) is 56. The second kappa shape index (κ2) is 64.2. The average Bonchev–Trinajstić information content (AvgIpc) is 3.38. The summed E-state index contributed by atoms with van der Waals surface area (Å²) in [6, 6.07) is 0. The maximum atomic E-state index is 12.3. The molecule has 0 fully saturated rings. The number of rotatable bonds is 64. The van der Waals surface area contributed by atoms with Gasteiger partial charge in [0, 0.05) is 12.8 Å². The fourth-order valence-electron chi connectivity index (χ4n) is 10.9. The lowest BCUT2D eigenvalue weighted by molar-refractivity contribution is -0.161. The zero-order chi connectivity index (χ0) is 52.0. The first-order valence-corrected chi connectivity index (χ1v) is 33.6. The molecular weight excluding hydrogens is 885 g/mol. The molecule has 0 radical (unpaired) electrons. The Morgan fingerprint density at radius 2 is 0.431 bits per heavy atom. The Bertz CT molecular complexity index is 1010. The minimum atomic E-state index is -0.765. The number of aliphatic hydroxyl groups excluding tert-OH is 1. The fraction of sp³-hybridized carbons (Fsp3) is 0.970. The van der Waals surface area contributed by atoms with Crippen LogP contribution in [0.1, 0.15) is 399 Å². The van der Waals surface area contributed by atoms with Crippen LogP contribution in [-0.4, -0.2) is 36.4 Å². The van der Waals surface area contributed by atoms with E-state index in [4.69, 9.17) is 9.47 Å². The normalized spacial score (nSPS) is 12.0. The molecule has 5 nitrogen and oxygen atoms in total. The lowest BCUT2D eigenvalue weighted by Gasteiger charge is -2.15. The highest BCUT2D eigenvalue weighted by Gasteiger charge is 2.16. The summed E-state index contributed by atoms with van der Waals surface area (Å²) in [6.45, 7) is 4.23. The molecule has 0 aromatic carbocycles. The van der Waals surface area contributed by atoms with Crippen molar-refractivity contribution in [1.82, 2.24) is 0 Å². The van der Waals surface area contributed by atoms with E-state index in [-0.39, 0.29) is 25.2 Å². The summed E-state index contributed by atoms with van der Waals surface area (Å²) >= 11 is 0. The Balaban J connectivity index is 3.36. The van der Waals surface area contributed by atoms with Gasteiger partial charge < -0.3 is 14.6 Å². The lowest BCUT2D eigenvalue weighted by Crippen LogP contribution is -2.28. The van der Waals surface area contributed by atoms with Crippen LogP contribution in [0, 0.1) is 0 Å². The van der Waals surface area contributed by atoms with Crippen LogP contribution in [0.3, 0.4) is 0 Å². The van der Waals surface area contributed by atoms with E-state index in [9.17, 15) is 14.7 Å². The zero-order valence-electron chi connectivity index (χ0n) is 49.5. The Morgan fingerprint density at radius 3 is 0.611 bits per heavy atom. The summed E-state index contributed by atoms with van der Waals surface area (Å²) in [7, 11) is 0. The molecule has 0 aliphatic carbocycles. The predicted octanol–water partition coefficient (Wildman–Crippen LogP) is 22.9. The van der Waals surface area contributed by atoms with Gasteiger partial charge in [0.1, 0.15) is 6.61 Å². The van der Waals surface area contributed by atoms with Gasteiger partial charge >= 0.3 is 11.9 Å². The lowest BCUT2D eigenvalue weighted by atomic mass is 10.0. The predicted molar refractivity (Wildman–Crippen MR) is 316 cm³/mol. The van der Waals surface area contributed by atoms with Gasteiger partial charge in [-0.05, 0) is 12.8 Å². The first kappa shape index (κ1) is 70.9. The highest BCUT2D eigenvalue weighted by atomic mass is 16.6. The molecule has 0 rings (SSSR count). The van der Waals surface area contributed by atoms with Gasteiger partial charge in [-0.15, -0.1) is 0 Å². The van der Waals surface area contributed by atoms with E-state index in [0.29, 0.717) is 12.8 Å². The van der Waals surface area contributed by atoms with Crippen molar-refractivity contribution in [2.45, 2.75) is 405 Å². The van der Waals surface area contributed by atoms with Crippen molar-refractivity contribution >= 4 is 11.9 Å². The van der Waals surface area contributed by atoms with Crippen molar-refractivity contribution in [2.24, 2.45) is 0 Å². The van der Waals surface area contributed by atoms with Crippen LogP contribution in [0.4, 0.5) is 0 Å². The van der Waals surface area contributed by atoms with Crippen LogP contribution in [0.2, 0.25) is 0 Å². The molecule has 0 aliphatic heterocycles. The maximum absolute atomic E-state index is 12.3. The fourth-order valence-corrected chi connectivity index (χ4v) is 10.9. The van der Waals surface area contributed by atoms with Crippen LogP contribution in [0.5, 0.6) is 0 Å². The van der Waals surface area contributed by atoms with Crippen LogP contribution >= 0.6 is 0 Å². The van der Waals surface area contributed by atoms with Gasteiger partial charge in [0.2, 0.25) is 0 Å². The molecule has 0 amide bonds. The summed E-state index contributed by atoms with van der Waals surface area (Å²) in [4.78, 5) is 24.6. The molecule has 1 unspecified atom stereocenters. The molecule has 72 heavy (non-hydrogen) atoms. The minimum Gasteiger partial charge on any atom is -0.462 e. The monoisotopic (exact) mass is 1020 g/mol. The van der Waals surface area contributed by atoms with Crippen LogP contribution in [0.15, 0.2) is 0 Å². The molecule has 0 heterocycles. The van der Waals surface area contributed by atoms with Crippen LogP contribution in [0.25, 0.3) is 0 Å². The van der Waals surface area contributed by atoms with Crippen LogP contribution in [-0.2, 0) is 19.1 Å². The molecule has 0 saturated heterocycles. The molecule has 5 heteroatoms. The molecule has 0 aromatic heterocycles. The van der Waals surface area contributed by atoms with Gasteiger partial charge in [-0.3, -0.25) is 9.59 Å². The summed E-state index contributed by atoms with van der Waals surface area (Å²) in [5, 5.41) is 9.69. The van der Waals surface area contributed by atoms with Gasteiger partial charge in [0.05, 0.1) is 6.61 Å². The third-order valence-corrected chi connectivity index (χ3v) is 15.9. The SMILES string of the molecule is CCCCCCCCCCCCCCCCCCCCCCCCCCCCCCCCC(=O)OC(CO)COC(=O)CCCCCCCCCCCCCCCCCCCCCCCCCCCCCC. The zero-order valence-corrected chi connectivity index (χ0v) is 49.5. The number of ether oxygens (including phenoxy) is 2. The van der Waals surface area contributed by atoms with E-state index in [1.807, 2.05) is 0 Å². The number of hydrogen-bond acceptors (Lipinski definition) is 5. The van der Waals surface area contributed by atoms with E-state index in [1.165, 1.54) is 340 Å². The van der Waals surface area contributed by atoms with Gasteiger partial charge in [0.25, 0.3) is 0 Å². The Labute approximate surface area is 452 Å². The van der Waals surface area contributed by atoms with Gasteiger partial charge in [-0.1, -0.05) is 373 Å². The third kappa shape index (κ3) is 61.4. The van der Waals surface area contributed by atoms with Gasteiger partial charge in [0.15, 0.2) is 6.10 Å². The van der Waals surface area contributed by atoms with Crippen LogP contribution < -0.4 is 0 Å². The van der Waals surface area contributed by atoms with Crippen molar-refractivity contribution < 1.29 is 24.2 Å². The van der Waals surface area contributed by atoms with E-state index >= 15 is 0 Å². The molecule has 0 aromatic rings. The van der Waals surface area contributed by atoms with E-state index < -0.39 is 6.10 Å². The van der Waals surface area contributed by atoms with Gasteiger partial charge in [-0.25, -0.2) is 0 Å². The van der Waals surface area contributed by atoms with Gasteiger partial charge in [-0.2, -0.15) is 0 Å².